The maximum atomic E-state index is 11.2. The zero-order valence-corrected chi connectivity index (χ0v) is 11.4. The van der Waals surface area contributed by atoms with Gasteiger partial charge >= 0.3 is 11.9 Å². The Labute approximate surface area is 119 Å². The van der Waals surface area contributed by atoms with Gasteiger partial charge in [0, 0.05) is 17.0 Å². The second-order valence-corrected chi connectivity index (χ2v) is 5.14. The van der Waals surface area contributed by atoms with Gasteiger partial charge in [0.25, 0.3) is 0 Å². The van der Waals surface area contributed by atoms with Gasteiger partial charge in [0.1, 0.15) is 0 Å². The third-order valence-corrected chi connectivity index (χ3v) is 3.36. The van der Waals surface area contributed by atoms with Crippen molar-refractivity contribution in [1.82, 2.24) is 0 Å². The predicted octanol–water partition coefficient (Wildman–Crippen LogP) is 1.83. The molecule has 20 heavy (non-hydrogen) atoms. The Bertz CT molecular complexity index is 539. The standard InChI is InChI=1S/C9H9NOS.C4H4O4/c1-6-9(11)10-7-4-2-3-5-8(7)12-6;5-3(6)1-2-4(7)8/h2-6H,1H3,(H,10,11);1-2H,(H,5,6)(H,7,8)/b;2-1+. The number of benzene rings is 1. The number of carboxylic acid groups (broad SMARTS) is 2. The van der Waals surface area contributed by atoms with Crippen molar-refractivity contribution in [1.29, 1.82) is 0 Å². The maximum absolute atomic E-state index is 11.2. The van der Waals surface area contributed by atoms with Crippen molar-refractivity contribution < 1.29 is 24.6 Å². The number of amides is 1. The second kappa shape index (κ2) is 7.34. The van der Waals surface area contributed by atoms with E-state index in [0.29, 0.717) is 12.2 Å². The molecule has 1 aliphatic heterocycles. The van der Waals surface area contributed by atoms with Crippen molar-refractivity contribution in [2.24, 2.45) is 0 Å². The van der Waals surface area contributed by atoms with Gasteiger partial charge < -0.3 is 15.5 Å². The molecule has 0 radical (unpaired) electrons. The van der Waals surface area contributed by atoms with Crippen LogP contribution in [0.5, 0.6) is 0 Å². The van der Waals surface area contributed by atoms with Gasteiger partial charge in [-0.15, -0.1) is 11.8 Å². The number of nitrogens with one attached hydrogen (secondary N) is 1. The van der Waals surface area contributed by atoms with Crippen LogP contribution in [0.2, 0.25) is 0 Å². The molecule has 1 heterocycles. The lowest BCUT2D eigenvalue weighted by Crippen LogP contribution is -2.26. The Morgan fingerprint density at radius 1 is 1.20 bits per heavy atom. The Balaban J connectivity index is 0.000000221. The lowest BCUT2D eigenvalue weighted by molar-refractivity contribution is -0.134. The molecule has 0 bridgehead atoms. The van der Waals surface area contributed by atoms with Crippen LogP contribution in [0, 0.1) is 0 Å². The van der Waals surface area contributed by atoms with E-state index in [4.69, 9.17) is 10.2 Å². The molecule has 7 heteroatoms. The molecule has 1 aromatic carbocycles. The first-order valence-electron chi connectivity index (χ1n) is 5.60. The summed E-state index contributed by atoms with van der Waals surface area (Å²) in [6, 6.07) is 7.85. The van der Waals surface area contributed by atoms with E-state index in [2.05, 4.69) is 5.32 Å². The molecule has 0 saturated carbocycles. The van der Waals surface area contributed by atoms with E-state index in [1.807, 2.05) is 31.2 Å². The fourth-order valence-corrected chi connectivity index (χ4v) is 2.24. The average Bonchev–Trinajstić information content (AvgIpc) is 2.38. The third kappa shape index (κ3) is 5.15. The largest absolute Gasteiger partial charge is 0.478 e. The number of aliphatic carboxylic acids is 2. The first-order valence-corrected chi connectivity index (χ1v) is 6.48. The summed E-state index contributed by atoms with van der Waals surface area (Å²) in [7, 11) is 0. The van der Waals surface area contributed by atoms with Crippen molar-refractivity contribution in [2.45, 2.75) is 17.1 Å². The van der Waals surface area contributed by atoms with Gasteiger partial charge in [-0.25, -0.2) is 9.59 Å². The molecule has 0 aromatic heterocycles. The summed E-state index contributed by atoms with van der Waals surface area (Å²) in [4.78, 5) is 31.5. The minimum Gasteiger partial charge on any atom is -0.478 e. The number of carbonyl (C=O) groups excluding carboxylic acids is 1. The van der Waals surface area contributed by atoms with Crippen molar-refractivity contribution in [3.05, 3.63) is 36.4 Å². The van der Waals surface area contributed by atoms with Crippen LogP contribution in [-0.4, -0.2) is 33.3 Å². The molecule has 0 aliphatic carbocycles. The molecule has 1 unspecified atom stereocenters. The van der Waals surface area contributed by atoms with Gasteiger partial charge in [-0.2, -0.15) is 0 Å². The van der Waals surface area contributed by atoms with E-state index >= 15 is 0 Å². The van der Waals surface area contributed by atoms with E-state index in [0.717, 1.165) is 10.6 Å². The van der Waals surface area contributed by atoms with Crippen LogP contribution in [-0.2, 0) is 14.4 Å². The molecule has 2 rings (SSSR count). The number of carboxylic acids is 2. The number of rotatable bonds is 2. The number of hydrogen-bond acceptors (Lipinski definition) is 4. The predicted molar refractivity (Wildman–Crippen MR) is 74.8 cm³/mol. The number of carbonyl (C=O) groups is 3. The summed E-state index contributed by atoms with van der Waals surface area (Å²) in [5.41, 5.74) is 0.936. The molecular weight excluding hydrogens is 282 g/mol. The number of hydrogen-bond donors (Lipinski definition) is 3. The van der Waals surface area contributed by atoms with Gasteiger partial charge in [0.05, 0.1) is 10.9 Å². The molecule has 1 amide bonds. The highest BCUT2D eigenvalue weighted by molar-refractivity contribution is 8.00. The Morgan fingerprint density at radius 2 is 1.75 bits per heavy atom. The van der Waals surface area contributed by atoms with Crippen molar-refractivity contribution in [3.63, 3.8) is 0 Å². The normalized spacial score (nSPS) is 16.6. The highest BCUT2D eigenvalue weighted by atomic mass is 32.2. The van der Waals surface area contributed by atoms with Gasteiger partial charge in [0.2, 0.25) is 5.91 Å². The van der Waals surface area contributed by atoms with Crippen molar-refractivity contribution >= 4 is 35.3 Å². The molecule has 6 nitrogen and oxygen atoms in total. The summed E-state index contributed by atoms with van der Waals surface area (Å²) < 4.78 is 0. The molecule has 106 valence electrons. The van der Waals surface area contributed by atoms with Gasteiger partial charge in [-0.3, -0.25) is 4.79 Å². The molecule has 0 saturated heterocycles. The average molecular weight is 295 g/mol. The SMILES string of the molecule is CC1Sc2ccccc2NC1=O.O=C(O)/C=C/C(=O)O. The summed E-state index contributed by atoms with van der Waals surface area (Å²) in [6.45, 7) is 1.91. The minimum absolute atomic E-state index is 0.0277. The third-order valence-electron chi connectivity index (χ3n) is 2.19. The van der Waals surface area contributed by atoms with Crippen LogP contribution in [0.15, 0.2) is 41.3 Å². The molecule has 0 fully saturated rings. The van der Waals surface area contributed by atoms with Crippen LogP contribution < -0.4 is 5.32 Å². The second-order valence-electron chi connectivity index (χ2n) is 3.76. The smallest absolute Gasteiger partial charge is 0.328 e. The van der Waals surface area contributed by atoms with Crippen molar-refractivity contribution in [2.75, 3.05) is 5.32 Å². The van der Waals surface area contributed by atoms with E-state index in [1.54, 1.807) is 11.8 Å². The van der Waals surface area contributed by atoms with E-state index in [-0.39, 0.29) is 11.2 Å². The Kier molecular flexibility index (Phi) is 5.79. The first kappa shape index (κ1) is 15.8. The molecule has 1 atom stereocenters. The van der Waals surface area contributed by atoms with Crippen LogP contribution >= 0.6 is 11.8 Å². The van der Waals surface area contributed by atoms with Crippen LogP contribution in [0.3, 0.4) is 0 Å². The Hall–Kier alpha value is -2.28. The summed E-state index contributed by atoms with van der Waals surface area (Å²) in [5.74, 6) is -2.42. The zero-order valence-electron chi connectivity index (χ0n) is 10.6. The zero-order chi connectivity index (χ0) is 15.1. The van der Waals surface area contributed by atoms with Crippen LogP contribution in [0.4, 0.5) is 5.69 Å². The van der Waals surface area contributed by atoms with E-state index < -0.39 is 11.9 Å². The molecule has 0 spiro atoms. The molecule has 1 aliphatic rings. The summed E-state index contributed by atoms with van der Waals surface area (Å²) in [6.07, 6.45) is 1.12. The van der Waals surface area contributed by atoms with Gasteiger partial charge in [-0.1, -0.05) is 12.1 Å². The highest BCUT2D eigenvalue weighted by Crippen LogP contribution is 2.34. The minimum atomic E-state index is -1.26. The van der Waals surface area contributed by atoms with Crippen LogP contribution in [0.1, 0.15) is 6.92 Å². The highest BCUT2D eigenvalue weighted by Gasteiger charge is 2.21. The summed E-state index contributed by atoms with van der Waals surface area (Å²) >= 11 is 1.61. The fourth-order valence-electron chi connectivity index (χ4n) is 1.29. The number of anilines is 1. The van der Waals surface area contributed by atoms with Crippen molar-refractivity contribution in [3.8, 4) is 0 Å². The number of thioether (sulfide) groups is 1. The maximum Gasteiger partial charge on any atom is 0.328 e. The molecule has 3 N–H and O–H groups in total. The fraction of sp³-hybridized carbons (Fsp3) is 0.154. The van der Waals surface area contributed by atoms with Gasteiger partial charge in [-0.05, 0) is 19.1 Å². The quantitative estimate of drug-likeness (QED) is 0.719. The molecular formula is C13H13NO5S. The first-order chi connectivity index (χ1) is 9.40. The Morgan fingerprint density at radius 3 is 2.30 bits per heavy atom. The lowest BCUT2D eigenvalue weighted by Gasteiger charge is -2.20. The number of fused-ring (bicyclic) bond motifs is 1. The van der Waals surface area contributed by atoms with Gasteiger partial charge in [0.15, 0.2) is 0 Å². The van der Waals surface area contributed by atoms with E-state index in [9.17, 15) is 14.4 Å². The van der Waals surface area contributed by atoms with E-state index in [1.165, 1.54) is 0 Å². The topological polar surface area (TPSA) is 104 Å². The summed E-state index contributed by atoms with van der Waals surface area (Å²) in [5, 5.41) is 18.5. The van der Waals surface area contributed by atoms with Crippen LogP contribution in [0.25, 0.3) is 0 Å². The number of para-hydroxylation sites is 1. The molecule has 1 aromatic rings. The monoisotopic (exact) mass is 295 g/mol. The lowest BCUT2D eigenvalue weighted by atomic mass is 10.3.